The van der Waals surface area contributed by atoms with Crippen molar-refractivity contribution in [3.05, 3.63) is 71.8 Å². The Morgan fingerprint density at radius 2 is 0.875 bits per heavy atom. The average molecular weight is 214 g/mol. The lowest BCUT2D eigenvalue weighted by Gasteiger charge is -2.14. The highest BCUT2D eigenvalue weighted by Gasteiger charge is 2.23. The molecule has 0 heterocycles. The number of rotatable bonds is 3. The lowest BCUT2D eigenvalue weighted by atomic mass is 9.95. The third-order valence-corrected chi connectivity index (χ3v) is 2.94. The molecule has 0 aliphatic heterocycles. The molecule has 0 spiro atoms. The molecule has 0 saturated carbocycles. The van der Waals surface area contributed by atoms with Gasteiger partial charge in [0, 0.05) is 11.1 Å². The molecule has 0 saturated heterocycles. The normalized spacial score (nSPS) is 14.4. The first-order chi connectivity index (χ1) is 7.79. The first kappa shape index (κ1) is 10.9. The summed E-state index contributed by atoms with van der Waals surface area (Å²) in [7, 11) is 0. The Kier molecular flexibility index (Phi) is 3.34. The minimum atomic E-state index is 0.198. The van der Waals surface area contributed by atoms with Gasteiger partial charge >= 0.3 is 0 Å². The zero-order valence-electron chi connectivity index (χ0n) is 9.34. The topological polar surface area (TPSA) is 55.3 Å². The van der Waals surface area contributed by atoms with Crippen molar-refractivity contribution in [2.75, 3.05) is 0 Å². The quantitative estimate of drug-likeness (QED) is 0.764. The van der Waals surface area contributed by atoms with Crippen LogP contribution in [-0.2, 0) is 0 Å². The van der Waals surface area contributed by atoms with E-state index in [0.29, 0.717) is 0 Å². The molecule has 0 unspecified atom stereocenters. The number of quaternary nitrogens is 2. The van der Waals surface area contributed by atoms with Crippen molar-refractivity contribution in [2.24, 2.45) is 0 Å². The van der Waals surface area contributed by atoms with Crippen LogP contribution in [0.15, 0.2) is 60.7 Å². The van der Waals surface area contributed by atoms with E-state index in [1.165, 1.54) is 11.1 Å². The molecule has 82 valence electrons. The van der Waals surface area contributed by atoms with Gasteiger partial charge < -0.3 is 11.5 Å². The van der Waals surface area contributed by atoms with Crippen LogP contribution < -0.4 is 11.5 Å². The van der Waals surface area contributed by atoms with Crippen molar-refractivity contribution < 1.29 is 11.5 Å². The van der Waals surface area contributed by atoms with Gasteiger partial charge in [-0.15, -0.1) is 0 Å². The predicted octanol–water partition coefficient (Wildman–Crippen LogP) is 0.953. The van der Waals surface area contributed by atoms with E-state index in [1.54, 1.807) is 0 Å². The maximum atomic E-state index is 4.22. The van der Waals surface area contributed by atoms with Crippen molar-refractivity contribution in [2.45, 2.75) is 12.1 Å². The summed E-state index contributed by atoms with van der Waals surface area (Å²) in [5.41, 5.74) is 10.9. The summed E-state index contributed by atoms with van der Waals surface area (Å²) >= 11 is 0. The summed E-state index contributed by atoms with van der Waals surface area (Å²) in [5, 5.41) is 0. The summed E-state index contributed by atoms with van der Waals surface area (Å²) in [6.45, 7) is 0. The van der Waals surface area contributed by atoms with E-state index >= 15 is 0 Å². The van der Waals surface area contributed by atoms with Crippen molar-refractivity contribution >= 4 is 0 Å². The zero-order chi connectivity index (χ0) is 11.4. The van der Waals surface area contributed by atoms with Crippen molar-refractivity contribution in [1.29, 1.82) is 0 Å². The minimum Gasteiger partial charge on any atom is -0.346 e. The molecule has 2 heteroatoms. The molecule has 16 heavy (non-hydrogen) atoms. The fourth-order valence-electron chi connectivity index (χ4n) is 1.87. The lowest BCUT2D eigenvalue weighted by molar-refractivity contribution is -0.540. The van der Waals surface area contributed by atoms with Gasteiger partial charge in [0.05, 0.1) is 0 Å². The average Bonchev–Trinajstić information content (AvgIpc) is 2.39. The molecule has 0 bridgehead atoms. The molecule has 6 N–H and O–H groups in total. The van der Waals surface area contributed by atoms with E-state index in [1.807, 2.05) is 36.4 Å². The van der Waals surface area contributed by atoms with Crippen molar-refractivity contribution in [3.8, 4) is 0 Å². The Bertz CT molecular complexity index is 382. The van der Waals surface area contributed by atoms with Gasteiger partial charge in [-0.2, -0.15) is 0 Å². The number of hydrogen-bond donors (Lipinski definition) is 2. The van der Waals surface area contributed by atoms with Crippen LogP contribution in [0.25, 0.3) is 0 Å². The summed E-state index contributed by atoms with van der Waals surface area (Å²) in [5.74, 6) is 0. The van der Waals surface area contributed by atoms with Crippen LogP contribution in [0.3, 0.4) is 0 Å². The van der Waals surface area contributed by atoms with E-state index in [9.17, 15) is 0 Å². The maximum Gasteiger partial charge on any atom is 0.167 e. The Morgan fingerprint density at radius 1 is 0.562 bits per heavy atom. The molecular formula is C14H18N2+2. The monoisotopic (exact) mass is 214 g/mol. The van der Waals surface area contributed by atoms with Gasteiger partial charge in [-0.25, -0.2) is 0 Å². The van der Waals surface area contributed by atoms with Crippen LogP contribution in [0, 0.1) is 0 Å². The second-order valence-electron chi connectivity index (χ2n) is 4.03. The van der Waals surface area contributed by atoms with Crippen molar-refractivity contribution in [3.63, 3.8) is 0 Å². The maximum absolute atomic E-state index is 4.22. The summed E-state index contributed by atoms with van der Waals surface area (Å²) in [6, 6.07) is 21.1. The molecule has 2 aromatic carbocycles. The third kappa shape index (κ3) is 2.30. The Morgan fingerprint density at radius 3 is 1.19 bits per heavy atom. The highest BCUT2D eigenvalue weighted by atomic mass is 14.8. The van der Waals surface area contributed by atoms with Crippen LogP contribution in [0.5, 0.6) is 0 Å². The third-order valence-electron chi connectivity index (χ3n) is 2.94. The Hall–Kier alpha value is -1.64. The summed E-state index contributed by atoms with van der Waals surface area (Å²) in [4.78, 5) is 0. The summed E-state index contributed by atoms with van der Waals surface area (Å²) < 4.78 is 0. The van der Waals surface area contributed by atoms with Gasteiger partial charge in [0.2, 0.25) is 0 Å². The molecule has 0 amide bonds. The first-order valence-corrected chi connectivity index (χ1v) is 5.55. The van der Waals surface area contributed by atoms with Gasteiger partial charge in [0.25, 0.3) is 0 Å². The Balaban J connectivity index is 2.20. The molecule has 0 fully saturated rings. The van der Waals surface area contributed by atoms with E-state index in [0.717, 1.165) is 0 Å². The Labute approximate surface area is 95.9 Å². The standard InChI is InChI=1S/C14H16N2/c15-13(11-7-3-1-4-8-11)14(16)12-9-5-2-6-10-12/h1-10,13-14H,15-16H2/p+2/t13-,14-/m1/s1. The SMILES string of the molecule is [NH3+][C@H](c1ccccc1)[C@H]([NH3+])c1ccccc1. The first-order valence-electron chi connectivity index (χ1n) is 5.55. The lowest BCUT2D eigenvalue weighted by Crippen LogP contribution is -2.68. The minimum absolute atomic E-state index is 0.198. The molecule has 0 aliphatic rings. The fraction of sp³-hybridized carbons (Fsp3) is 0.143. The molecule has 2 aromatic rings. The van der Waals surface area contributed by atoms with Crippen LogP contribution in [0.4, 0.5) is 0 Å². The van der Waals surface area contributed by atoms with Gasteiger partial charge in [-0.1, -0.05) is 60.7 Å². The van der Waals surface area contributed by atoms with E-state index in [4.69, 9.17) is 0 Å². The molecular weight excluding hydrogens is 196 g/mol. The van der Waals surface area contributed by atoms with Gasteiger partial charge in [0.15, 0.2) is 12.1 Å². The number of benzene rings is 2. The smallest absolute Gasteiger partial charge is 0.167 e. The van der Waals surface area contributed by atoms with Crippen LogP contribution >= 0.6 is 0 Å². The van der Waals surface area contributed by atoms with Gasteiger partial charge in [-0.3, -0.25) is 0 Å². The molecule has 2 atom stereocenters. The van der Waals surface area contributed by atoms with Gasteiger partial charge in [0.1, 0.15) is 0 Å². The zero-order valence-corrected chi connectivity index (χ0v) is 9.34. The highest BCUT2D eigenvalue weighted by Crippen LogP contribution is 2.20. The molecule has 0 aromatic heterocycles. The van der Waals surface area contributed by atoms with Crippen LogP contribution in [0.1, 0.15) is 23.2 Å². The molecule has 2 nitrogen and oxygen atoms in total. The molecule has 0 aliphatic carbocycles. The highest BCUT2D eigenvalue weighted by molar-refractivity contribution is 5.23. The largest absolute Gasteiger partial charge is 0.346 e. The van der Waals surface area contributed by atoms with Crippen LogP contribution in [-0.4, -0.2) is 0 Å². The van der Waals surface area contributed by atoms with E-state index in [-0.39, 0.29) is 12.1 Å². The molecule has 2 rings (SSSR count). The second kappa shape index (κ2) is 4.92. The van der Waals surface area contributed by atoms with E-state index < -0.39 is 0 Å². The molecule has 0 radical (unpaired) electrons. The second-order valence-corrected chi connectivity index (χ2v) is 4.03. The van der Waals surface area contributed by atoms with Crippen LogP contribution in [0.2, 0.25) is 0 Å². The van der Waals surface area contributed by atoms with Gasteiger partial charge in [-0.05, 0) is 0 Å². The number of hydrogen-bond acceptors (Lipinski definition) is 0. The summed E-state index contributed by atoms with van der Waals surface area (Å²) in [6.07, 6.45) is 0. The predicted molar refractivity (Wildman–Crippen MR) is 64.1 cm³/mol. The van der Waals surface area contributed by atoms with Crippen molar-refractivity contribution in [1.82, 2.24) is 0 Å². The van der Waals surface area contributed by atoms with E-state index in [2.05, 4.69) is 35.7 Å². The fourth-order valence-corrected chi connectivity index (χ4v) is 1.87.